The second-order valence-electron chi connectivity index (χ2n) is 5.64. The summed E-state index contributed by atoms with van der Waals surface area (Å²) in [5.41, 5.74) is 5.22. The lowest BCUT2D eigenvalue weighted by molar-refractivity contribution is -0.115. The van der Waals surface area contributed by atoms with Crippen molar-refractivity contribution in [3.8, 4) is 0 Å². The number of hydrogen-bond acceptors (Lipinski definition) is 4. The van der Waals surface area contributed by atoms with Crippen molar-refractivity contribution >= 4 is 6.09 Å². The summed E-state index contributed by atoms with van der Waals surface area (Å²) in [5, 5.41) is 0. The van der Waals surface area contributed by atoms with E-state index in [0.717, 1.165) is 6.42 Å². The van der Waals surface area contributed by atoms with E-state index < -0.39 is 5.60 Å². The van der Waals surface area contributed by atoms with E-state index in [9.17, 15) is 4.79 Å². The lowest BCUT2D eigenvalue weighted by atomic mass is 9.87. The van der Waals surface area contributed by atoms with Gasteiger partial charge in [0.2, 0.25) is 0 Å². The van der Waals surface area contributed by atoms with Crippen molar-refractivity contribution in [2.24, 2.45) is 5.73 Å². The highest BCUT2D eigenvalue weighted by molar-refractivity contribution is 5.69. The fourth-order valence-corrected chi connectivity index (χ4v) is 2.14. The number of carbonyl (C=O) groups excluding carboxylic acids is 1. The Kier molecular flexibility index (Phi) is 2.62. The molecule has 2 aliphatic rings. The minimum atomic E-state index is -0.446. The first-order valence-electron chi connectivity index (χ1n) is 5.70. The molecule has 2 saturated heterocycles. The zero-order chi connectivity index (χ0) is 12.0. The zero-order valence-electron chi connectivity index (χ0n) is 10.2. The highest BCUT2D eigenvalue weighted by Crippen LogP contribution is 2.34. The molecule has 0 saturated carbocycles. The van der Waals surface area contributed by atoms with Crippen molar-refractivity contribution in [2.75, 3.05) is 19.7 Å². The number of carbonyl (C=O) groups is 1. The molecular formula is C11H20N2O3. The van der Waals surface area contributed by atoms with Gasteiger partial charge in [0.1, 0.15) is 11.2 Å². The third-order valence-electron chi connectivity index (χ3n) is 3.06. The maximum atomic E-state index is 11.7. The molecule has 1 atom stereocenters. The van der Waals surface area contributed by atoms with Gasteiger partial charge in [-0.2, -0.15) is 0 Å². The molecule has 1 spiro atoms. The van der Waals surface area contributed by atoms with Gasteiger partial charge in [-0.3, -0.25) is 0 Å². The second-order valence-corrected chi connectivity index (χ2v) is 5.64. The largest absolute Gasteiger partial charge is 0.444 e. The van der Waals surface area contributed by atoms with Gasteiger partial charge in [0.05, 0.1) is 13.1 Å². The summed E-state index contributed by atoms with van der Waals surface area (Å²) in [4.78, 5) is 13.3. The molecule has 2 N–H and O–H groups in total. The number of nitrogens with zero attached hydrogens (tertiary/aromatic N) is 1. The monoisotopic (exact) mass is 228 g/mol. The van der Waals surface area contributed by atoms with Crippen LogP contribution in [0.15, 0.2) is 0 Å². The van der Waals surface area contributed by atoms with Crippen LogP contribution in [0.5, 0.6) is 0 Å². The molecule has 0 bridgehead atoms. The van der Waals surface area contributed by atoms with Gasteiger partial charge in [0.25, 0.3) is 0 Å². The van der Waals surface area contributed by atoms with Crippen molar-refractivity contribution < 1.29 is 14.3 Å². The summed E-state index contributed by atoms with van der Waals surface area (Å²) in [6.45, 7) is 7.39. The van der Waals surface area contributed by atoms with E-state index in [0.29, 0.717) is 19.7 Å². The maximum absolute atomic E-state index is 11.7. The maximum Gasteiger partial charge on any atom is 0.410 e. The molecule has 16 heavy (non-hydrogen) atoms. The second kappa shape index (κ2) is 3.60. The first-order chi connectivity index (χ1) is 7.32. The molecule has 92 valence electrons. The molecular weight excluding hydrogens is 208 g/mol. The Labute approximate surface area is 95.9 Å². The first kappa shape index (κ1) is 11.7. The van der Waals surface area contributed by atoms with Crippen LogP contribution in [0, 0.1) is 0 Å². The van der Waals surface area contributed by atoms with Gasteiger partial charge in [0, 0.05) is 12.6 Å². The predicted octanol–water partition coefficient (Wildman–Crippen LogP) is 0.724. The minimum Gasteiger partial charge on any atom is -0.444 e. The van der Waals surface area contributed by atoms with Crippen molar-refractivity contribution in [3.63, 3.8) is 0 Å². The van der Waals surface area contributed by atoms with Crippen LogP contribution in [0.1, 0.15) is 27.2 Å². The summed E-state index contributed by atoms with van der Waals surface area (Å²) in [5.74, 6) is 0. The molecule has 0 unspecified atom stereocenters. The molecule has 2 aliphatic heterocycles. The van der Waals surface area contributed by atoms with Gasteiger partial charge in [-0.1, -0.05) is 0 Å². The molecule has 2 rings (SSSR count). The third kappa shape index (κ3) is 2.01. The zero-order valence-corrected chi connectivity index (χ0v) is 10.2. The average molecular weight is 228 g/mol. The minimum absolute atomic E-state index is 0.0474. The summed E-state index contributed by atoms with van der Waals surface area (Å²) in [6.07, 6.45) is 0.600. The number of nitrogens with two attached hydrogens (primary N) is 1. The standard InChI is InChI=1S/C11H20N2O3/c1-10(2,3)16-9(14)13-6-11(7-13)8(12)4-5-15-11/h8H,4-7,12H2,1-3H3/t8-/m0/s1. The Morgan fingerprint density at radius 1 is 1.50 bits per heavy atom. The van der Waals surface area contributed by atoms with Gasteiger partial charge >= 0.3 is 6.09 Å². The number of hydrogen-bond donors (Lipinski definition) is 1. The van der Waals surface area contributed by atoms with Gasteiger partial charge in [-0.25, -0.2) is 4.79 Å². The molecule has 2 fully saturated rings. The SMILES string of the molecule is CC(C)(C)OC(=O)N1CC2(C1)OCC[C@@H]2N. The number of ether oxygens (including phenoxy) is 2. The molecule has 5 nitrogen and oxygen atoms in total. The van der Waals surface area contributed by atoms with Crippen LogP contribution in [0.2, 0.25) is 0 Å². The number of rotatable bonds is 0. The van der Waals surface area contributed by atoms with Crippen LogP contribution < -0.4 is 5.73 Å². The molecule has 0 aromatic carbocycles. The predicted molar refractivity (Wildman–Crippen MR) is 59.1 cm³/mol. The molecule has 0 radical (unpaired) electrons. The molecule has 2 heterocycles. The van der Waals surface area contributed by atoms with Crippen LogP contribution in [-0.2, 0) is 9.47 Å². The van der Waals surface area contributed by atoms with Gasteiger partial charge in [-0.15, -0.1) is 0 Å². The topological polar surface area (TPSA) is 64.8 Å². The summed E-state index contributed by atoms with van der Waals surface area (Å²) >= 11 is 0. The summed E-state index contributed by atoms with van der Waals surface area (Å²) < 4.78 is 10.9. The lowest BCUT2D eigenvalue weighted by Crippen LogP contribution is -2.69. The van der Waals surface area contributed by atoms with Crippen LogP contribution in [0.3, 0.4) is 0 Å². The van der Waals surface area contributed by atoms with Gasteiger partial charge < -0.3 is 20.1 Å². The molecule has 0 aromatic heterocycles. The fraction of sp³-hybridized carbons (Fsp3) is 0.909. The van der Waals surface area contributed by atoms with Crippen LogP contribution in [0.4, 0.5) is 4.79 Å². The van der Waals surface area contributed by atoms with E-state index in [1.165, 1.54) is 0 Å². The highest BCUT2D eigenvalue weighted by Gasteiger charge is 2.54. The highest BCUT2D eigenvalue weighted by atomic mass is 16.6. The van der Waals surface area contributed by atoms with Crippen molar-refractivity contribution in [2.45, 2.75) is 44.4 Å². The van der Waals surface area contributed by atoms with E-state index in [1.807, 2.05) is 20.8 Å². The molecule has 0 aromatic rings. The van der Waals surface area contributed by atoms with E-state index in [1.54, 1.807) is 4.90 Å². The van der Waals surface area contributed by atoms with Crippen LogP contribution >= 0.6 is 0 Å². The molecule has 1 amide bonds. The fourth-order valence-electron chi connectivity index (χ4n) is 2.14. The summed E-state index contributed by atoms with van der Waals surface area (Å²) in [6, 6.07) is 0.0474. The van der Waals surface area contributed by atoms with Gasteiger partial charge in [-0.05, 0) is 27.2 Å². The smallest absolute Gasteiger partial charge is 0.410 e. The molecule has 0 aliphatic carbocycles. The van der Waals surface area contributed by atoms with E-state index >= 15 is 0 Å². The van der Waals surface area contributed by atoms with Crippen LogP contribution in [0.25, 0.3) is 0 Å². The van der Waals surface area contributed by atoms with Gasteiger partial charge in [0.15, 0.2) is 0 Å². The first-order valence-corrected chi connectivity index (χ1v) is 5.70. The van der Waals surface area contributed by atoms with E-state index in [4.69, 9.17) is 15.2 Å². The van der Waals surface area contributed by atoms with Crippen molar-refractivity contribution in [3.05, 3.63) is 0 Å². The number of amides is 1. The summed E-state index contributed by atoms with van der Waals surface area (Å²) in [7, 11) is 0. The van der Waals surface area contributed by atoms with E-state index in [-0.39, 0.29) is 17.7 Å². The van der Waals surface area contributed by atoms with Crippen molar-refractivity contribution in [1.82, 2.24) is 4.90 Å². The quantitative estimate of drug-likeness (QED) is 0.663. The third-order valence-corrected chi connectivity index (χ3v) is 3.06. The normalized spacial score (nSPS) is 28.0. The Hall–Kier alpha value is -0.810. The van der Waals surface area contributed by atoms with E-state index in [2.05, 4.69) is 0 Å². The van der Waals surface area contributed by atoms with Crippen molar-refractivity contribution in [1.29, 1.82) is 0 Å². The average Bonchev–Trinajstić information content (AvgIpc) is 2.40. The Morgan fingerprint density at radius 2 is 2.12 bits per heavy atom. The Balaban J connectivity index is 1.86. The Morgan fingerprint density at radius 3 is 2.56 bits per heavy atom. The molecule has 5 heteroatoms. The number of likely N-dealkylation sites (tertiary alicyclic amines) is 1. The Bertz CT molecular complexity index is 292. The van der Waals surface area contributed by atoms with Crippen LogP contribution in [-0.4, -0.2) is 47.9 Å². The lowest BCUT2D eigenvalue weighted by Gasteiger charge is -2.48.